The Morgan fingerprint density at radius 3 is 2.10 bits per heavy atom. The first-order chi connectivity index (χ1) is 14.7. The quantitative estimate of drug-likeness (QED) is 0.265. The molecule has 3 aromatic rings. The number of ether oxygens (including phenoxy) is 2. The average molecular weight is 434 g/mol. The van der Waals surface area contributed by atoms with Crippen molar-refractivity contribution in [3.05, 3.63) is 81.0 Å². The van der Waals surface area contributed by atoms with E-state index < -0.39 is 11.6 Å². The normalized spacial score (nSPS) is 10.9. The Bertz CT molecular complexity index is 1100. The molecule has 160 valence electrons. The van der Waals surface area contributed by atoms with Crippen LogP contribution in [0.5, 0.6) is 5.75 Å². The summed E-state index contributed by atoms with van der Waals surface area (Å²) in [5, 5.41) is 0. The van der Waals surface area contributed by atoms with Gasteiger partial charge in [-0.25, -0.2) is 4.79 Å². The van der Waals surface area contributed by atoms with E-state index in [4.69, 9.17) is 9.47 Å². The summed E-state index contributed by atoms with van der Waals surface area (Å²) in [6.07, 6.45) is 0. The third-order valence-corrected chi connectivity index (χ3v) is 7.12. The molecule has 4 heteroatoms. The summed E-state index contributed by atoms with van der Waals surface area (Å²) >= 11 is 0. The van der Waals surface area contributed by atoms with E-state index in [0.717, 1.165) is 22.4 Å². The maximum atomic E-state index is 12.4. The summed E-state index contributed by atoms with van der Waals surface area (Å²) < 4.78 is 11.4. The molecule has 0 radical (unpaired) electrons. The van der Waals surface area contributed by atoms with Gasteiger partial charge in [-0.1, -0.05) is 30.0 Å². The van der Waals surface area contributed by atoms with Gasteiger partial charge < -0.3 is 9.47 Å². The van der Waals surface area contributed by atoms with E-state index in [0.29, 0.717) is 0 Å². The standard InChI is InChI=1S/C27H29O3S/c1-19-16-24(31-21(3)12-13-22(31)4)17-20(2)26(19)29-18-25(28)30-27(5,6)15-14-23-10-8-7-9-11-23/h7-13,16-17H,18H2,1-6H3/q+1. The van der Waals surface area contributed by atoms with Crippen LogP contribution < -0.4 is 4.74 Å². The zero-order chi connectivity index (χ0) is 22.6. The van der Waals surface area contributed by atoms with Gasteiger partial charge in [0.05, 0.1) is 0 Å². The molecule has 0 aliphatic rings. The van der Waals surface area contributed by atoms with Gasteiger partial charge in [-0.3, -0.25) is 0 Å². The molecular formula is C27H29O3S+. The molecule has 0 spiro atoms. The monoisotopic (exact) mass is 433 g/mol. The van der Waals surface area contributed by atoms with Crippen molar-refractivity contribution in [1.29, 1.82) is 0 Å². The molecule has 1 aromatic heterocycles. The first kappa shape index (κ1) is 22.7. The van der Waals surface area contributed by atoms with Crippen LogP contribution >= 0.6 is 10.5 Å². The molecule has 0 saturated carbocycles. The Balaban J connectivity index is 1.67. The molecule has 3 nitrogen and oxygen atoms in total. The van der Waals surface area contributed by atoms with E-state index in [2.05, 4.69) is 50.0 Å². The number of hydrogen-bond donors (Lipinski definition) is 0. The van der Waals surface area contributed by atoms with Gasteiger partial charge in [0.1, 0.15) is 5.75 Å². The van der Waals surface area contributed by atoms with Gasteiger partial charge in [-0.15, -0.1) is 0 Å². The van der Waals surface area contributed by atoms with Crippen LogP contribution in [0.3, 0.4) is 0 Å². The van der Waals surface area contributed by atoms with Gasteiger partial charge in [-0.05, 0) is 63.1 Å². The second kappa shape index (κ2) is 9.41. The van der Waals surface area contributed by atoms with Crippen LogP contribution in [0.25, 0.3) is 4.90 Å². The lowest BCUT2D eigenvalue weighted by atomic mass is 10.1. The molecular weight excluding hydrogens is 404 g/mol. The molecule has 0 N–H and O–H groups in total. The summed E-state index contributed by atoms with van der Waals surface area (Å²) in [6, 6.07) is 18.3. The van der Waals surface area contributed by atoms with Crippen LogP contribution in [0.4, 0.5) is 0 Å². The highest BCUT2D eigenvalue weighted by atomic mass is 32.2. The molecule has 0 atom stereocenters. The highest BCUT2D eigenvalue weighted by Crippen LogP contribution is 2.41. The number of esters is 1. The summed E-state index contributed by atoms with van der Waals surface area (Å²) in [6.45, 7) is 11.8. The fourth-order valence-electron chi connectivity index (χ4n) is 3.47. The smallest absolute Gasteiger partial charge is 0.345 e. The second-order valence-corrected chi connectivity index (χ2v) is 10.5. The summed E-state index contributed by atoms with van der Waals surface area (Å²) in [5.41, 5.74) is 2.02. The summed E-state index contributed by atoms with van der Waals surface area (Å²) in [5.74, 6) is 6.36. The number of aryl methyl sites for hydroxylation is 4. The van der Waals surface area contributed by atoms with E-state index in [1.54, 1.807) is 13.8 Å². The SMILES string of the molecule is Cc1cc(-[s+]2c(C)ccc2C)cc(C)c1OCC(=O)OC(C)(C)C#Cc1ccccc1. The summed E-state index contributed by atoms with van der Waals surface area (Å²) in [7, 11) is 0.00639. The lowest BCUT2D eigenvalue weighted by Gasteiger charge is -2.19. The number of carbonyl (C=O) groups is 1. The minimum atomic E-state index is -0.901. The van der Waals surface area contributed by atoms with Crippen LogP contribution in [0, 0.1) is 39.5 Å². The first-order valence-electron chi connectivity index (χ1n) is 10.3. The van der Waals surface area contributed by atoms with E-state index in [1.165, 1.54) is 14.6 Å². The Morgan fingerprint density at radius 2 is 1.52 bits per heavy atom. The van der Waals surface area contributed by atoms with Gasteiger partial charge in [0.25, 0.3) is 0 Å². The highest BCUT2D eigenvalue weighted by Gasteiger charge is 2.23. The van der Waals surface area contributed by atoms with Crippen LogP contribution in [0.15, 0.2) is 54.6 Å². The van der Waals surface area contributed by atoms with Gasteiger partial charge in [0.2, 0.25) is 0 Å². The van der Waals surface area contributed by atoms with Crippen molar-refractivity contribution in [1.82, 2.24) is 0 Å². The Kier molecular flexibility index (Phi) is 6.87. The maximum absolute atomic E-state index is 12.4. The average Bonchev–Trinajstić information content (AvgIpc) is 3.04. The van der Waals surface area contributed by atoms with Crippen LogP contribution in [-0.4, -0.2) is 18.2 Å². The molecule has 0 amide bonds. The molecule has 0 saturated heterocycles. The Hall–Kier alpha value is -3.03. The molecule has 2 aromatic carbocycles. The fraction of sp³-hybridized carbons (Fsp3) is 0.296. The molecule has 0 fully saturated rings. The lowest BCUT2D eigenvalue weighted by molar-refractivity contribution is -0.154. The third-order valence-electron chi connectivity index (χ3n) is 4.85. The zero-order valence-corrected chi connectivity index (χ0v) is 19.9. The van der Waals surface area contributed by atoms with Crippen molar-refractivity contribution in [3.63, 3.8) is 0 Å². The van der Waals surface area contributed by atoms with Gasteiger partial charge in [0.15, 0.2) is 26.9 Å². The minimum absolute atomic E-state index is 0.00639. The predicted molar refractivity (Wildman–Crippen MR) is 128 cm³/mol. The van der Waals surface area contributed by atoms with E-state index in [-0.39, 0.29) is 17.1 Å². The van der Waals surface area contributed by atoms with Crippen LogP contribution in [0.2, 0.25) is 0 Å². The number of hydrogen-bond acceptors (Lipinski definition) is 3. The van der Waals surface area contributed by atoms with Crippen LogP contribution in [0.1, 0.15) is 40.3 Å². The highest BCUT2D eigenvalue weighted by molar-refractivity contribution is 7.39. The predicted octanol–water partition coefficient (Wildman–Crippen LogP) is 6.41. The van der Waals surface area contributed by atoms with E-state index in [9.17, 15) is 4.79 Å². The number of rotatable bonds is 5. The molecule has 1 heterocycles. The zero-order valence-electron chi connectivity index (χ0n) is 19.0. The number of carbonyl (C=O) groups excluding carboxylic acids is 1. The van der Waals surface area contributed by atoms with Crippen molar-refractivity contribution < 1.29 is 14.3 Å². The molecule has 3 rings (SSSR count). The lowest BCUT2D eigenvalue weighted by Crippen LogP contribution is -2.29. The molecule has 31 heavy (non-hydrogen) atoms. The first-order valence-corrected chi connectivity index (χ1v) is 11.5. The summed E-state index contributed by atoms with van der Waals surface area (Å²) in [4.78, 5) is 16.4. The number of benzene rings is 2. The van der Waals surface area contributed by atoms with Crippen molar-refractivity contribution in [3.8, 4) is 22.5 Å². The van der Waals surface area contributed by atoms with Crippen LogP contribution in [-0.2, 0) is 9.53 Å². The molecule has 0 bridgehead atoms. The Labute approximate surface area is 188 Å². The largest absolute Gasteiger partial charge is 0.481 e. The van der Waals surface area contributed by atoms with E-state index >= 15 is 0 Å². The van der Waals surface area contributed by atoms with Gasteiger partial charge in [-0.2, -0.15) is 0 Å². The van der Waals surface area contributed by atoms with Gasteiger partial charge >= 0.3 is 5.97 Å². The van der Waals surface area contributed by atoms with Crippen molar-refractivity contribution >= 4 is 16.4 Å². The van der Waals surface area contributed by atoms with Crippen molar-refractivity contribution in [2.75, 3.05) is 6.61 Å². The Morgan fingerprint density at radius 1 is 0.935 bits per heavy atom. The fourth-order valence-corrected chi connectivity index (χ4v) is 5.72. The van der Waals surface area contributed by atoms with Crippen molar-refractivity contribution in [2.24, 2.45) is 0 Å². The minimum Gasteiger partial charge on any atom is -0.481 e. The van der Waals surface area contributed by atoms with Crippen molar-refractivity contribution in [2.45, 2.75) is 47.1 Å². The van der Waals surface area contributed by atoms with E-state index in [1.807, 2.05) is 44.2 Å². The second-order valence-electron chi connectivity index (χ2n) is 8.14. The maximum Gasteiger partial charge on any atom is 0.345 e. The topological polar surface area (TPSA) is 35.5 Å². The molecule has 0 unspecified atom stereocenters. The third kappa shape index (κ3) is 5.77. The van der Waals surface area contributed by atoms with Gasteiger partial charge in [0, 0.05) is 42.0 Å². The molecule has 0 aliphatic heterocycles. The molecule has 0 aliphatic carbocycles. The number of thiophene rings is 1.